The second-order valence-electron chi connectivity index (χ2n) is 9.42. The van der Waals surface area contributed by atoms with Gasteiger partial charge in [-0.15, -0.1) is 11.3 Å². The van der Waals surface area contributed by atoms with E-state index >= 15 is 0 Å². The van der Waals surface area contributed by atoms with Crippen LogP contribution in [-0.4, -0.2) is 37.0 Å². The Balaban J connectivity index is 1.44. The largest absolute Gasteiger partial charge is 0.493 e. The Labute approximate surface area is 205 Å². The van der Waals surface area contributed by atoms with Gasteiger partial charge >= 0.3 is 0 Å². The zero-order valence-electron chi connectivity index (χ0n) is 19.8. The Morgan fingerprint density at radius 3 is 2.65 bits per heavy atom. The first-order valence-electron chi connectivity index (χ1n) is 12.2. The van der Waals surface area contributed by atoms with E-state index < -0.39 is 0 Å². The highest BCUT2D eigenvalue weighted by molar-refractivity contribution is 7.11. The summed E-state index contributed by atoms with van der Waals surface area (Å²) in [4.78, 5) is 10.9. The maximum absolute atomic E-state index is 10.2. The molecule has 2 fully saturated rings. The molecule has 0 spiro atoms. The van der Waals surface area contributed by atoms with Crippen molar-refractivity contribution in [3.63, 3.8) is 0 Å². The van der Waals surface area contributed by atoms with Gasteiger partial charge in [-0.3, -0.25) is 0 Å². The lowest BCUT2D eigenvalue weighted by molar-refractivity contribution is 0.101. The molecule has 1 aromatic heterocycles. The molecule has 6 nitrogen and oxygen atoms in total. The molecule has 3 aliphatic rings. The number of rotatable bonds is 5. The lowest BCUT2D eigenvalue weighted by Gasteiger charge is -2.35. The molecule has 1 aliphatic heterocycles. The van der Waals surface area contributed by atoms with Crippen LogP contribution in [0, 0.1) is 11.8 Å². The number of nitrogens with zero attached hydrogens (tertiary/aromatic N) is 2. The molecular weight excluding hydrogens is 448 g/mol. The molecule has 34 heavy (non-hydrogen) atoms. The second-order valence-corrected chi connectivity index (χ2v) is 10.3. The number of aliphatic hydroxyl groups is 1. The fourth-order valence-electron chi connectivity index (χ4n) is 5.02. The molecule has 2 heterocycles. The smallest absolute Gasteiger partial charge is 0.174 e. The summed E-state index contributed by atoms with van der Waals surface area (Å²) in [6.45, 7) is 1.91. The third kappa shape index (κ3) is 4.95. The Kier molecular flexibility index (Phi) is 6.82. The maximum atomic E-state index is 10.2. The predicted octanol–water partition coefficient (Wildman–Crippen LogP) is 5.43. The fraction of sp³-hybridized carbons (Fsp3) is 0.519. The molecule has 2 aliphatic carbocycles. The van der Waals surface area contributed by atoms with Crippen LogP contribution in [0.5, 0.6) is 11.5 Å². The molecule has 7 heteroatoms. The Morgan fingerprint density at radius 1 is 1.15 bits per heavy atom. The third-order valence-corrected chi connectivity index (χ3v) is 7.87. The zero-order valence-corrected chi connectivity index (χ0v) is 20.6. The summed E-state index contributed by atoms with van der Waals surface area (Å²) in [5.74, 6) is 8.62. The van der Waals surface area contributed by atoms with E-state index in [9.17, 15) is 5.11 Å². The van der Waals surface area contributed by atoms with Crippen LogP contribution in [0.2, 0.25) is 0 Å². The summed E-state index contributed by atoms with van der Waals surface area (Å²) < 4.78 is 12.0. The van der Waals surface area contributed by atoms with Crippen LogP contribution in [0.15, 0.2) is 34.6 Å². The van der Waals surface area contributed by atoms with E-state index in [0.717, 1.165) is 66.2 Å². The van der Waals surface area contributed by atoms with E-state index in [1.165, 1.54) is 12.8 Å². The van der Waals surface area contributed by atoms with Crippen molar-refractivity contribution in [2.24, 2.45) is 4.99 Å². The maximum Gasteiger partial charge on any atom is 0.174 e. The van der Waals surface area contributed by atoms with Gasteiger partial charge < -0.3 is 14.6 Å². The average Bonchev–Trinajstić information content (AvgIpc) is 3.61. The number of aliphatic hydroxyl groups excluding tert-OH is 1. The van der Waals surface area contributed by atoms with Gasteiger partial charge in [0.25, 0.3) is 0 Å². The van der Waals surface area contributed by atoms with Gasteiger partial charge in [0, 0.05) is 5.38 Å². The Hall–Kier alpha value is -2.53. The van der Waals surface area contributed by atoms with Gasteiger partial charge in [0.2, 0.25) is 0 Å². The Bertz CT molecular complexity index is 1090. The van der Waals surface area contributed by atoms with Crippen molar-refractivity contribution in [2.45, 2.75) is 82.1 Å². The highest BCUT2D eigenvalue weighted by Gasteiger charge is 2.36. The standard InChI is InChI=1S/C27H32N2O4S/c1-19-28-18-29(33-19)21-16-24(34-17-21)11-14-27(12-9-22(30)10-13-27)20-7-8-25(31-2)26(15-20)32-23-5-3-4-6-23/h7-8,15-19,22-23,30H,3-6,9-10,12-13H2,1-2H3/t19?,22-,27-. The van der Waals surface area contributed by atoms with Gasteiger partial charge in [0.15, 0.2) is 17.7 Å². The molecule has 5 rings (SSSR count). The van der Waals surface area contributed by atoms with E-state index in [1.54, 1.807) is 29.8 Å². The summed E-state index contributed by atoms with van der Waals surface area (Å²) in [5, 5.41) is 13.9. The van der Waals surface area contributed by atoms with Gasteiger partial charge in [-0.05, 0) is 82.1 Å². The number of methoxy groups -OCH3 is 1. The summed E-state index contributed by atoms with van der Waals surface area (Å²) in [7, 11) is 1.69. The number of aliphatic imine (C=N–C) groups is 1. The summed E-state index contributed by atoms with van der Waals surface area (Å²) in [5.41, 5.74) is 1.75. The van der Waals surface area contributed by atoms with Crippen LogP contribution in [0.25, 0.3) is 0 Å². The number of hydrogen-bond donors (Lipinski definition) is 1. The van der Waals surface area contributed by atoms with Crippen LogP contribution in [0.4, 0.5) is 5.69 Å². The lowest BCUT2D eigenvalue weighted by atomic mass is 9.69. The zero-order chi connectivity index (χ0) is 23.5. The molecule has 0 radical (unpaired) electrons. The predicted molar refractivity (Wildman–Crippen MR) is 135 cm³/mol. The Morgan fingerprint density at radius 2 is 1.94 bits per heavy atom. The third-order valence-electron chi connectivity index (χ3n) is 7.03. The van der Waals surface area contributed by atoms with Gasteiger partial charge in [-0.2, -0.15) is 0 Å². The molecule has 1 N–H and O–H groups in total. The molecule has 1 atom stereocenters. The van der Waals surface area contributed by atoms with Gasteiger partial charge in [-0.1, -0.05) is 17.9 Å². The van der Waals surface area contributed by atoms with E-state index in [4.69, 9.17) is 14.3 Å². The monoisotopic (exact) mass is 480 g/mol. The summed E-state index contributed by atoms with van der Waals surface area (Å²) in [6, 6.07) is 8.28. The highest BCUT2D eigenvalue weighted by atomic mass is 32.1. The summed E-state index contributed by atoms with van der Waals surface area (Å²) >= 11 is 1.60. The first-order valence-corrected chi connectivity index (χ1v) is 13.1. The minimum atomic E-state index is -0.330. The first-order chi connectivity index (χ1) is 16.5. The quantitative estimate of drug-likeness (QED) is 0.579. The van der Waals surface area contributed by atoms with E-state index in [-0.39, 0.29) is 23.9 Å². The first kappa shape index (κ1) is 23.2. The van der Waals surface area contributed by atoms with Gasteiger partial charge in [-0.25, -0.2) is 14.9 Å². The topological polar surface area (TPSA) is 63.5 Å². The molecule has 1 unspecified atom stereocenters. The van der Waals surface area contributed by atoms with E-state index in [0.29, 0.717) is 0 Å². The van der Waals surface area contributed by atoms with Crippen molar-refractivity contribution in [1.82, 2.24) is 0 Å². The molecule has 2 saturated carbocycles. The molecule has 2 aromatic rings. The minimum Gasteiger partial charge on any atom is -0.493 e. The van der Waals surface area contributed by atoms with Crippen molar-refractivity contribution in [1.29, 1.82) is 0 Å². The fourth-order valence-corrected chi connectivity index (χ4v) is 5.74. The molecule has 0 amide bonds. The number of hydroxylamine groups is 1. The number of hydrogen-bond acceptors (Lipinski definition) is 7. The van der Waals surface area contributed by atoms with Crippen LogP contribution in [0.1, 0.15) is 68.7 Å². The van der Waals surface area contributed by atoms with Gasteiger partial charge in [0.05, 0.1) is 35.3 Å². The molecule has 0 saturated heterocycles. The minimum absolute atomic E-state index is 0.165. The van der Waals surface area contributed by atoms with Crippen LogP contribution < -0.4 is 14.5 Å². The number of anilines is 1. The van der Waals surface area contributed by atoms with Crippen molar-refractivity contribution >= 4 is 23.4 Å². The number of ether oxygens (including phenoxy) is 2. The summed E-state index contributed by atoms with van der Waals surface area (Å²) in [6.07, 6.45) is 9.27. The van der Waals surface area contributed by atoms with Crippen LogP contribution in [-0.2, 0) is 10.3 Å². The molecule has 0 bridgehead atoms. The van der Waals surface area contributed by atoms with Crippen LogP contribution >= 0.6 is 11.3 Å². The average molecular weight is 481 g/mol. The highest BCUT2D eigenvalue weighted by Crippen LogP contribution is 2.43. The second kappa shape index (κ2) is 9.99. The molecule has 180 valence electrons. The normalized spacial score (nSPS) is 27.0. The lowest BCUT2D eigenvalue weighted by Crippen LogP contribution is -2.32. The molecule has 1 aromatic carbocycles. The SMILES string of the molecule is COc1ccc([C@]2(C#Cc3cc(N4C=NC(C)O4)cs3)CC[C@@H](O)CC2)cc1OC1CCCC1. The van der Waals surface area contributed by atoms with Crippen molar-refractivity contribution in [3.05, 3.63) is 40.1 Å². The van der Waals surface area contributed by atoms with E-state index in [1.807, 2.05) is 24.4 Å². The van der Waals surface area contributed by atoms with Crippen LogP contribution in [0.3, 0.4) is 0 Å². The van der Waals surface area contributed by atoms with Crippen molar-refractivity contribution < 1.29 is 19.4 Å². The molecular formula is C27H32N2O4S. The number of thiophene rings is 1. The van der Waals surface area contributed by atoms with E-state index in [2.05, 4.69) is 29.0 Å². The van der Waals surface area contributed by atoms with Gasteiger partial charge in [0.1, 0.15) is 6.34 Å². The number of benzene rings is 1. The van der Waals surface area contributed by atoms with Crippen molar-refractivity contribution in [3.8, 4) is 23.3 Å². The van der Waals surface area contributed by atoms with Crippen molar-refractivity contribution in [2.75, 3.05) is 12.2 Å².